The van der Waals surface area contributed by atoms with E-state index in [0.717, 1.165) is 6.42 Å². The van der Waals surface area contributed by atoms with Crippen molar-refractivity contribution in [1.29, 1.82) is 0 Å². The Morgan fingerprint density at radius 2 is 1.82 bits per heavy atom. The number of hydrogen-bond acceptors (Lipinski definition) is 3. The normalized spacial score (nSPS) is 10.4. The summed E-state index contributed by atoms with van der Waals surface area (Å²) < 4.78 is 4.96. The standard InChI is InChI=1S/C15H20Cl2N2O3/c1-11(20)19(5-3-7-22-2)6-4-15(21)18-14-9-12(16)8-13(17)10-14/h8-10H,3-7H2,1-2H3,(H,18,21). The Hall–Kier alpha value is -1.30. The molecule has 0 atom stereocenters. The van der Waals surface area contributed by atoms with E-state index in [9.17, 15) is 9.59 Å². The Labute approximate surface area is 140 Å². The van der Waals surface area contributed by atoms with E-state index in [2.05, 4.69) is 5.32 Å². The first-order valence-electron chi connectivity index (χ1n) is 6.92. The van der Waals surface area contributed by atoms with E-state index in [1.165, 1.54) is 6.92 Å². The number of rotatable bonds is 8. The fraction of sp³-hybridized carbons (Fsp3) is 0.467. The minimum Gasteiger partial charge on any atom is -0.385 e. The summed E-state index contributed by atoms with van der Waals surface area (Å²) in [6.45, 7) is 3.00. The number of nitrogens with one attached hydrogen (secondary N) is 1. The number of methoxy groups -OCH3 is 1. The molecule has 1 aromatic carbocycles. The van der Waals surface area contributed by atoms with E-state index in [1.54, 1.807) is 30.2 Å². The monoisotopic (exact) mass is 346 g/mol. The molecular weight excluding hydrogens is 327 g/mol. The summed E-state index contributed by atoms with van der Waals surface area (Å²) in [5, 5.41) is 3.62. The van der Waals surface area contributed by atoms with Gasteiger partial charge < -0.3 is 15.0 Å². The number of ether oxygens (including phenoxy) is 1. The van der Waals surface area contributed by atoms with Crippen molar-refractivity contribution >= 4 is 40.7 Å². The van der Waals surface area contributed by atoms with Gasteiger partial charge in [-0.2, -0.15) is 0 Å². The fourth-order valence-corrected chi connectivity index (χ4v) is 2.44. The number of carbonyl (C=O) groups is 2. The third kappa shape index (κ3) is 7.11. The number of halogens is 2. The van der Waals surface area contributed by atoms with Crippen LogP contribution in [0.3, 0.4) is 0 Å². The van der Waals surface area contributed by atoms with Crippen LogP contribution >= 0.6 is 23.2 Å². The van der Waals surface area contributed by atoms with Crippen molar-refractivity contribution < 1.29 is 14.3 Å². The molecule has 2 amide bonds. The van der Waals surface area contributed by atoms with Gasteiger partial charge in [-0.25, -0.2) is 0 Å². The molecule has 0 fully saturated rings. The Balaban J connectivity index is 2.47. The second kappa shape index (κ2) is 9.66. The highest BCUT2D eigenvalue weighted by Gasteiger charge is 2.11. The molecule has 0 saturated carbocycles. The second-order valence-electron chi connectivity index (χ2n) is 4.81. The summed E-state index contributed by atoms with van der Waals surface area (Å²) in [7, 11) is 1.61. The van der Waals surface area contributed by atoms with Gasteiger partial charge in [0.1, 0.15) is 0 Å². The number of nitrogens with zero attached hydrogens (tertiary/aromatic N) is 1. The van der Waals surface area contributed by atoms with Crippen molar-refractivity contribution in [1.82, 2.24) is 4.90 Å². The Morgan fingerprint density at radius 1 is 1.18 bits per heavy atom. The van der Waals surface area contributed by atoms with Gasteiger partial charge in [0.05, 0.1) is 0 Å². The van der Waals surface area contributed by atoms with Gasteiger partial charge >= 0.3 is 0 Å². The third-order valence-electron chi connectivity index (χ3n) is 2.98. The van der Waals surface area contributed by atoms with Crippen LogP contribution < -0.4 is 5.32 Å². The summed E-state index contributed by atoms with van der Waals surface area (Å²) in [6.07, 6.45) is 0.943. The second-order valence-corrected chi connectivity index (χ2v) is 5.68. The highest BCUT2D eigenvalue weighted by Crippen LogP contribution is 2.22. The van der Waals surface area contributed by atoms with E-state index in [1.807, 2.05) is 0 Å². The minimum absolute atomic E-state index is 0.0605. The SMILES string of the molecule is COCCCN(CCC(=O)Nc1cc(Cl)cc(Cl)c1)C(C)=O. The molecule has 5 nitrogen and oxygen atoms in total. The van der Waals surface area contributed by atoms with Crippen LogP contribution in [0, 0.1) is 0 Å². The maximum Gasteiger partial charge on any atom is 0.226 e. The summed E-state index contributed by atoms with van der Waals surface area (Å²) >= 11 is 11.7. The van der Waals surface area contributed by atoms with Crippen LogP contribution in [0.2, 0.25) is 10.0 Å². The predicted molar refractivity (Wildman–Crippen MR) is 88.5 cm³/mol. The predicted octanol–water partition coefficient (Wildman–Crippen LogP) is 3.21. The first-order valence-corrected chi connectivity index (χ1v) is 7.68. The van der Waals surface area contributed by atoms with Crippen LogP contribution in [0.25, 0.3) is 0 Å². The molecule has 0 aromatic heterocycles. The summed E-state index contributed by atoms with van der Waals surface area (Å²) in [5.41, 5.74) is 0.538. The summed E-state index contributed by atoms with van der Waals surface area (Å²) in [6, 6.07) is 4.82. The molecule has 0 bridgehead atoms. The molecule has 0 saturated heterocycles. The van der Waals surface area contributed by atoms with Crippen LogP contribution in [0.5, 0.6) is 0 Å². The topological polar surface area (TPSA) is 58.6 Å². The summed E-state index contributed by atoms with van der Waals surface area (Å²) in [4.78, 5) is 25.1. The van der Waals surface area contributed by atoms with Crippen LogP contribution in [-0.2, 0) is 14.3 Å². The van der Waals surface area contributed by atoms with Crippen molar-refractivity contribution in [3.05, 3.63) is 28.2 Å². The molecule has 0 unspecified atom stereocenters. The molecule has 0 spiro atoms. The van der Waals surface area contributed by atoms with E-state index in [0.29, 0.717) is 35.4 Å². The lowest BCUT2D eigenvalue weighted by Gasteiger charge is -2.20. The highest BCUT2D eigenvalue weighted by atomic mass is 35.5. The zero-order chi connectivity index (χ0) is 16.5. The molecule has 1 N–H and O–H groups in total. The lowest BCUT2D eigenvalue weighted by Crippen LogP contribution is -2.33. The molecule has 7 heteroatoms. The molecule has 0 aliphatic carbocycles. The number of anilines is 1. The smallest absolute Gasteiger partial charge is 0.226 e. The largest absolute Gasteiger partial charge is 0.385 e. The number of amides is 2. The first kappa shape index (κ1) is 18.7. The van der Waals surface area contributed by atoms with Crippen LogP contribution in [0.15, 0.2) is 18.2 Å². The van der Waals surface area contributed by atoms with E-state index in [-0.39, 0.29) is 18.2 Å². The van der Waals surface area contributed by atoms with E-state index in [4.69, 9.17) is 27.9 Å². The van der Waals surface area contributed by atoms with Crippen LogP contribution in [-0.4, -0.2) is 43.5 Å². The zero-order valence-corrected chi connectivity index (χ0v) is 14.2. The highest BCUT2D eigenvalue weighted by molar-refractivity contribution is 6.35. The quantitative estimate of drug-likeness (QED) is 0.735. The Morgan fingerprint density at radius 3 is 2.36 bits per heavy atom. The first-order chi connectivity index (χ1) is 10.4. The molecule has 122 valence electrons. The molecule has 0 aliphatic heterocycles. The van der Waals surface area contributed by atoms with Crippen LogP contribution in [0.4, 0.5) is 5.69 Å². The van der Waals surface area contributed by atoms with Gasteiger partial charge in [0.2, 0.25) is 11.8 Å². The Bertz CT molecular complexity index is 503. The van der Waals surface area contributed by atoms with Gasteiger partial charge in [-0.15, -0.1) is 0 Å². The molecule has 1 aromatic rings. The fourth-order valence-electron chi connectivity index (χ4n) is 1.91. The molecule has 22 heavy (non-hydrogen) atoms. The molecular formula is C15H20Cl2N2O3. The van der Waals surface area contributed by atoms with Gasteiger partial charge in [0, 0.05) is 55.9 Å². The van der Waals surface area contributed by atoms with Crippen molar-refractivity contribution in [2.45, 2.75) is 19.8 Å². The lowest BCUT2D eigenvalue weighted by atomic mass is 10.3. The average molecular weight is 347 g/mol. The van der Waals surface area contributed by atoms with Crippen molar-refractivity contribution in [2.75, 3.05) is 32.1 Å². The van der Waals surface area contributed by atoms with Crippen molar-refractivity contribution in [3.63, 3.8) is 0 Å². The van der Waals surface area contributed by atoms with Gasteiger partial charge in [-0.1, -0.05) is 23.2 Å². The number of hydrogen-bond donors (Lipinski definition) is 1. The molecule has 0 radical (unpaired) electrons. The van der Waals surface area contributed by atoms with Gasteiger partial charge in [0.15, 0.2) is 0 Å². The Kier molecular flexibility index (Phi) is 8.24. The number of benzene rings is 1. The third-order valence-corrected chi connectivity index (χ3v) is 3.41. The van der Waals surface area contributed by atoms with Crippen LogP contribution in [0.1, 0.15) is 19.8 Å². The minimum atomic E-state index is -0.198. The van der Waals surface area contributed by atoms with Gasteiger partial charge in [-0.05, 0) is 24.6 Å². The van der Waals surface area contributed by atoms with Gasteiger partial charge in [-0.3, -0.25) is 9.59 Å². The number of carbonyl (C=O) groups excluding carboxylic acids is 2. The molecule has 0 heterocycles. The maximum absolute atomic E-state index is 11.9. The van der Waals surface area contributed by atoms with Gasteiger partial charge in [0.25, 0.3) is 0 Å². The average Bonchev–Trinajstić information content (AvgIpc) is 2.41. The molecule has 1 rings (SSSR count). The summed E-state index contributed by atoms with van der Waals surface area (Å²) in [5.74, 6) is -0.258. The lowest BCUT2D eigenvalue weighted by molar-refractivity contribution is -0.129. The van der Waals surface area contributed by atoms with Crippen molar-refractivity contribution in [2.24, 2.45) is 0 Å². The zero-order valence-electron chi connectivity index (χ0n) is 12.7. The maximum atomic E-state index is 11.9. The molecule has 0 aliphatic rings. The van der Waals surface area contributed by atoms with Crippen molar-refractivity contribution in [3.8, 4) is 0 Å². The van der Waals surface area contributed by atoms with E-state index >= 15 is 0 Å². The van der Waals surface area contributed by atoms with E-state index < -0.39 is 0 Å².